The molecule has 2 rings (SSSR count). The van der Waals surface area contributed by atoms with Crippen LogP contribution in [0.15, 0.2) is 12.1 Å². The summed E-state index contributed by atoms with van der Waals surface area (Å²) in [6, 6.07) is 1.09. The van der Waals surface area contributed by atoms with Crippen LogP contribution < -0.4 is 21.5 Å². The molecule has 0 radical (unpaired) electrons. The molecule has 0 atom stereocenters. The predicted molar refractivity (Wildman–Crippen MR) is 71.6 cm³/mol. The van der Waals surface area contributed by atoms with Gasteiger partial charge in [0.25, 0.3) is 0 Å². The van der Waals surface area contributed by atoms with E-state index >= 15 is 0 Å². The van der Waals surface area contributed by atoms with Gasteiger partial charge in [-0.15, -0.1) is 0 Å². The molecule has 112 valence electrons. The Labute approximate surface area is 118 Å². The fraction of sp³-hybridized carbons (Fsp3) is 0.182. The molecule has 0 aliphatic heterocycles. The van der Waals surface area contributed by atoms with Gasteiger partial charge in [0.05, 0.1) is 5.69 Å². The Bertz CT molecular complexity index is 663. The molecule has 1 heterocycles. The Morgan fingerprint density at radius 1 is 0.952 bits per heavy atom. The third-order valence-electron chi connectivity index (χ3n) is 2.41. The van der Waals surface area contributed by atoms with Gasteiger partial charge in [-0.05, 0) is 0 Å². The summed E-state index contributed by atoms with van der Waals surface area (Å²) in [5, 5.41) is 2.44. The van der Waals surface area contributed by atoms with Crippen molar-refractivity contribution in [1.82, 2.24) is 15.0 Å². The fourth-order valence-corrected chi connectivity index (χ4v) is 1.42. The zero-order valence-electron chi connectivity index (χ0n) is 11.2. The Morgan fingerprint density at radius 3 is 2.19 bits per heavy atom. The molecule has 0 amide bonds. The van der Waals surface area contributed by atoms with Crippen LogP contribution in [0.2, 0.25) is 0 Å². The Kier molecular flexibility index (Phi) is 4.08. The van der Waals surface area contributed by atoms with Gasteiger partial charge in [-0.1, -0.05) is 0 Å². The summed E-state index contributed by atoms with van der Waals surface area (Å²) in [6.45, 7) is 0. The highest BCUT2D eigenvalue weighted by molar-refractivity contribution is 5.56. The van der Waals surface area contributed by atoms with Crippen molar-refractivity contribution in [3.05, 3.63) is 29.6 Å². The second-order valence-corrected chi connectivity index (χ2v) is 4.19. The van der Waals surface area contributed by atoms with Crippen molar-refractivity contribution in [2.75, 3.05) is 29.7 Å². The number of nitrogens with two attached hydrogens (primary N) is 1. The number of hydrazine groups is 1. The molecule has 0 spiro atoms. The molecule has 0 bridgehead atoms. The average Bonchev–Trinajstić information content (AvgIpc) is 2.44. The van der Waals surface area contributed by atoms with E-state index < -0.39 is 17.5 Å². The molecule has 4 N–H and O–H groups in total. The van der Waals surface area contributed by atoms with Crippen LogP contribution in [0.3, 0.4) is 0 Å². The Hall–Kier alpha value is -2.62. The van der Waals surface area contributed by atoms with Crippen LogP contribution in [0.5, 0.6) is 0 Å². The van der Waals surface area contributed by atoms with Crippen molar-refractivity contribution >= 4 is 23.5 Å². The van der Waals surface area contributed by atoms with Gasteiger partial charge in [-0.2, -0.15) is 15.0 Å². The maximum Gasteiger partial charge on any atom is 0.243 e. The standard InChI is InChI=1S/C11H12F3N7/c1-21(2)11-18-9(17-10(19-11)20-15)16-8-4-6(13)5(12)3-7(8)14/h3-4H,15H2,1-2H3,(H2,16,17,18,19,20). The van der Waals surface area contributed by atoms with Crippen LogP contribution in [-0.4, -0.2) is 29.0 Å². The first kappa shape index (κ1) is 14.8. The van der Waals surface area contributed by atoms with Crippen LogP contribution in [0.25, 0.3) is 0 Å². The number of benzene rings is 1. The van der Waals surface area contributed by atoms with E-state index in [0.29, 0.717) is 12.1 Å². The number of aromatic nitrogens is 3. The minimum Gasteiger partial charge on any atom is -0.347 e. The molecule has 1 aromatic heterocycles. The van der Waals surface area contributed by atoms with Gasteiger partial charge in [-0.3, -0.25) is 5.43 Å². The molecule has 0 aliphatic carbocycles. The highest BCUT2D eigenvalue weighted by atomic mass is 19.2. The second-order valence-electron chi connectivity index (χ2n) is 4.19. The van der Waals surface area contributed by atoms with Gasteiger partial charge in [0.2, 0.25) is 17.8 Å². The lowest BCUT2D eigenvalue weighted by Crippen LogP contribution is -2.18. The maximum absolute atomic E-state index is 13.6. The summed E-state index contributed by atoms with van der Waals surface area (Å²) in [4.78, 5) is 13.3. The first-order chi connectivity index (χ1) is 9.90. The van der Waals surface area contributed by atoms with Gasteiger partial charge in [0.1, 0.15) is 5.82 Å². The normalized spacial score (nSPS) is 10.4. The van der Waals surface area contributed by atoms with E-state index in [4.69, 9.17) is 5.84 Å². The van der Waals surface area contributed by atoms with E-state index in [1.54, 1.807) is 19.0 Å². The molecule has 0 saturated heterocycles. The molecule has 0 saturated carbocycles. The highest BCUT2D eigenvalue weighted by Crippen LogP contribution is 2.22. The fourth-order valence-electron chi connectivity index (χ4n) is 1.42. The van der Waals surface area contributed by atoms with Crippen LogP contribution in [-0.2, 0) is 0 Å². The number of halogens is 3. The SMILES string of the molecule is CN(C)c1nc(NN)nc(Nc2cc(F)c(F)cc2F)n1. The van der Waals surface area contributed by atoms with Crippen molar-refractivity contribution in [3.8, 4) is 0 Å². The molecule has 0 fully saturated rings. The third-order valence-corrected chi connectivity index (χ3v) is 2.41. The maximum atomic E-state index is 13.6. The summed E-state index contributed by atoms with van der Waals surface area (Å²) in [5.74, 6) is 1.95. The quantitative estimate of drug-likeness (QED) is 0.446. The summed E-state index contributed by atoms with van der Waals surface area (Å²) in [7, 11) is 3.36. The first-order valence-electron chi connectivity index (χ1n) is 5.72. The van der Waals surface area contributed by atoms with Crippen LogP contribution in [0.4, 0.5) is 36.7 Å². The van der Waals surface area contributed by atoms with Gasteiger partial charge in [0, 0.05) is 26.2 Å². The number of nitrogens with zero attached hydrogens (tertiary/aromatic N) is 4. The topological polar surface area (TPSA) is 92.0 Å². The largest absolute Gasteiger partial charge is 0.347 e. The number of hydrogen-bond donors (Lipinski definition) is 3. The van der Waals surface area contributed by atoms with Gasteiger partial charge >= 0.3 is 0 Å². The molecule has 7 nitrogen and oxygen atoms in total. The molecular formula is C11H12F3N7. The number of nitrogens with one attached hydrogen (secondary N) is 2. The molecule has 21 heavy (non-hydrogen) atoms. The molecule has 0 unspecified atom stereocenters. The number of nitrogen functional groups attached to an aromatic ring is 1. The predicted octanol–water partition coefficient (Wildman–Crippen LogP) is 1.38. The summed E-state index contributed by atoms with van der Waals surface area (Å²) < 4.78 is 39.6. The summed E-state index contributed by atoms with van der Waals surface area (Å²) in [6.07, 6.45) is 0. The Balaban J connectivity index is 2.39. The van der Waals surface area contributed by atoms with Crippen molar-refractivity contribution in [1.29, 1.82) is 0 Å². The lowest BCUT2D eigenvalue weighted by atomic mass is 10.3. The van der Waals surface area contributed by atoms with Crippen molar-refractivity contribution < 1.29 is 13.2 Å². The zero-order chi connectivity index (χ0) is 15.6. The summed E-state index contributed by atoms with van der Waals surface area (Å²) in [5.41, 5.74) is 1.91. The third kappa shape index (κ3) is 3.28. The average molecular weight is 299 g/mol. The van der Waals surface area contributed by atoms with E-state index in [1.165, 1.54) is 0 Å². The van der Waals surface area contributed by atoms with Crippen molar-refractivity contribution in [2.45, 2.75) is 0 Å². The van der Waals surface area contributed by atoms with Crippen LogP contribution >= 0.6 is 0 Å². The molecule has 2 aromatic rings. The number of rotatable bonds is 4. The van der Waals surface area contributed by atoms with E-state index in [2.05, 4.69) is 25.7 Å². The highest BCUT2D eigenvalue weighted by Gasteiger charge is 2.13. The van der Waals surface area contributed by atoms with Gasteiger partial charge < -0.3 is 10.2 Å². The van der Waals surface area contributed by atoms with Gasteiger partial charge in [-0.25, -0.2) is 19.0 Å². The minimum atomic E-state index is -1.29. The molecular weight excluding hydrogens is 287 g/mol. The van der Waals surface area contributed by atoms with Crippen LogP contribution in [0, 0.1) is 17.5 Å². The zero-order valence-corrected chi connectivity index (χ0v) is 11.2. The number of hydrogen-bond acceptors (Lipinski definition) is 7. The van der Waals surface area contributed by atoms with Gasteiger partial charge in [0.15, 0.2) is 11.6 Å². The van der Waals surface area contributed by atoms with Crippen LogP contribution in [0.1, 0.15) is 0 Å². The molecule has 0 aliphatic rings. The van der Waals surface area contributed by atoms with E-state index in [1.807, 2.05) is 0 Å². The van der Waals surface area contributed by atoms with E-state index in [9.17, 15) is 13.2 Å². The lowest BCUT2D eigenvalue weighted by Gasteiger charge is -2.13. The minimum absolute atomic E-state index is 0.0270. The smallest absolute Gasteiger partial charge is 0.243 e. The first-order valence-corrected chi connectivity index (χ1v) is 5.72. The van der Waals surface area contributed by atoms with Crippen molar-refractivity contribution in [2.24, 2.45) is 5.84 Å². The number of anilines is 4. The van der Waals surface area contributed by atoms with Crippen molar-refractivity contribution in [3.63, 3.8) is 0 Å². The second kappa shape index (κ2) is 5.79. The lowest BCUT2D eigenvalue weighted by molar-refractivity contribution is 0.496. The molecule has 1 aromatic carbocycles. The summed E-state index contributed by atoms with van der Waals surface area (Å²) >= 11 is 0. The van der Waals surface area contributed by atoms with E-state index in [0.717, 1.165) is 0 Å². The monoisotopic (exact) mass is 299 g/mol. The van der Waals surface area contributed by atoms with E-state index in [-0.39, 0.29) is 23.5 Å². The Morgan fingerprint density at radius 2 is 1.57 bits per heavy atom. The molecule has 10 heteroatoms.